The van der Waals surface area contributed by atoms with Crippen molar-refractivity contribution < 1.29 is 0 Å². The quantitative estimate of drug-likeness (QED) is 0.342. The molecule has 4 rings (SSSR count). The molecule has 4 heteroatoms. The summed E-state index contributed by atoms with van der Waals surface area (Å²) in [7, 11) is 0. The molecular formula is C29H33N3O. The van der Waals surface area contributed by atoms with Crippen molar-refractivity contribution in [3.8, 4) is 0 Å². The van der Waals surface area contributed by atoms with Crippen LogP contribution in [0.4, 0.5) is 0 Å². The molecule has 4 nitrogen and oxygen atoms in total. The van der Waals surface area contributed by atoms with Crippen molar-refractivity contribution >= 4 is 5.71 Å². The zero-order chi connectivity index (χ0) is 23.4. The highest BCUT2D eigenvalue weighted by Crippen LogP contribution is 2.30. The Kier molecular flexibility index (Phi) is 7.02. The molecule has 1 atom stereocenters. The van der Waals surface area contributed by atoms with Crippen molar-refractivity contribution in [1.29, 1.82) is 5.41 Å². The maximum Gasteiger partial charge on any atom is 0.257 e. The van der Waals surface area contributed by atoms with E-state index in [-0.39, 0.29) is 17.5 Å². The van der Waals surface area contributed by atoms with Gasteiger partial charge >= 0.3 is 0 Å². The second-order valence-corrected chi connectivity index (χ2v) is 9.13. The molecule has 0 radical (unpaired) electrons. The first-order valence-electron chi connectivity index (χ1n) is 11.9. The lowest BCUT2D eigenvalue weighted by Gasteiger charge is -2.28. The fraction of sp³-hybridized carbons (Fsp3) is 0.345. The molecule has 0 spiro atoms. The van der Waals surface area contributed by atoms with Gasteiger partial charge in [0.05, 0.1) is 11.7 Å². The van der Waals surface area contributed by atoms with Crippen LogP contribution in [0.5, 0.6) is 0 Å². The number of benzene rings is 2. The van der Waals surface area contributed by atoms with E-state index in [1.807, 2.05) is 47.9 Å². The lowest BCUT2D eigenvalue weighted by atomic mass is 9.82. The zero-order valence-corrected chi connectivity index (χ0v) is 19.7. The first-order chi connectivity index (χ1) is 16.0. The Morgan fingerprint density at radius 2 is 1.73 bits per heavy atom. The minimum Gasteiger partial charge on any atom is -0.309 e. The Morgan fingerprint density at radius 3 is 2.30 bits per heavy atom. The van der Waals surface area contributed by atoms with E-state index < -0.39 is 0 Å². The zero-order valence-electron chi connectivity index (χ0n) is 19.7. The van der Waals surface area contributed by atoms with Gasteiger partial charge in [0, 0.05) is 23.6 Å². The van der Waals surface area contributed by atoms with E-state index in [1.54, 1.807) is 0 Å². The van der Waals surface area contributed by atoms with Crippen molar-refractivity contribution in [3.63, 3.8) is 0 Å². The summed E-state index contributed by atoms with van der Waals surface area (Å²) in [5.41, 5.74) is 5.73. The van der Waals surface area contributed by atoms with Crippen LogP contribution in [0.3, 0.4) is 0 Å². The topological polar surface area (TPSA) is 58.7 Å². The molecule has 33 heavy (non-hydrogen) atoms. The Balaban J connectivity index is 1.71. The third-order valence-electron chi connectivity index (χ3n) is 6.68. The molecule has 0 saturated carbocycles. The monoisotopic (exact) mass is 439 g/mol. The second kappa shape index (κ2) is 10.1. The maximum absolute atomic E-state index is 13.8. The van der Waals surface area contributed by atoms with Crippen LogP contribution in [0.25, 0.3) is 0 Å². The Labute approximate surface area is 196 Å². The molecular weight excluding hydrogens is 406 g/mol. The average Bonchev–Trinajstić information content (AvgIpc) is 2.82. The molecule has 2 aromatic carbocycles. The maximum atomic E-state index is 13.8. The largest absolute Gasteiger partial charge is 0.309 e. The van der Waals surface area contributed by atoms with Crippen molar-refractivity contribution in [1.82, 2.24) is 9.55 Å². The summed E-state index contributed by atoms with van der Waals surface area (Å²) in [6.45, 7) is 8.20. The van der Waals surface area contributed by atoms with Gasteiger partial charge in [0.15, 0.2) is 0 Å². The third-order valence-corrected chi connectivity index (χ3v) is 6.68. The van der Waals surface area contributed by atoms with Gasteiger partial charge in [-0.05, 0) is 43.7 Å². The van der Waals surface area contributed by atoms with Crippen LogP contribution in [-0.4, -0.2) is 15.3 Å². The summed E-state index contributed by atoms with van der Waals surface area (Å²) in [5.74, 6) is 0.867. The van der Waals surface area contributed by atoms with Gasteiger partial charge < -0.3 is 5.41 Å². The number of hydrogen-bond acceptors (Lipinski definition) is 3. The second-order valence-electron chi connectivity index (χ2n) is 9.13. The Morgan fingerprint density at radius 1 is 1.12 bits per heavy atom. The molecule has 3 aromatic rings. The molecule has 0 amide bonds. The summed E-state index contributed by atoms with van der Waals surface area (Å²) in [5, 5.41) is 8.60. The summed E-state index contributed by atoms with van der Waals surface area (Å²) in [6, 6.07) is 20.1. The average molecular weight is 440 g/mol. The summed E-state index contributed by atoms with van der Waals surface area (Å²) >= 11 is 0. The van der Waals surface area contributed by atoms with Gasteiger partial charge in [-0.25, -0.2) is 4.98 Å². The van der Waals surface area contributed by atoms with E-state index in [4.69, 9.17) is 10.4 Å². The number of nitrogens with zero attached hydrogens (tertiary/aromatic N) is 2. The van der Waals surface area contributed by atoms with E-state index in [9.17, 15) is 4.79 Å². The number of hydrogen-bond donors (Lipinski definition) is 1. The lowest BCUT2D eigenvalue weighted by Crippen LogP contribution is -2.36. The van der Waals surface area contributed by atoms with Gasteiger partial charge in [0.2, 0.25) is 0 Å². The van der Waals surface area contributed by atoms with E-state index in [2.05, 4.69) is 37.8 Å². The number of fused-ring (bicyclic) bond motifs is 1. The summed E-state index contributed by atoms with van der Waals surface area (Å²) in [4.78, 5) is 18.8. The molecule has 170 valence electrons. The molecule has 1 unspecified atom stereocenters. The van der Waals surface area contributed by atoms with Gasteiger partial charge in [-0.1, -0.05) is 86.2 Å². The van der Waals surface area contributed by atoms with E-state index in [0.717, 1.165) is 58.8 Å². The van der Waals surface area contributed by atoms with Crippen LogP contribution in [0.1, 0.15) is 66.9 Å². The van der Waals surface area contributed by atoms with Crippen molar-refractivity contribution in [2.75, 3.05) is 0 Å². The standard InChI is InChI=1S/C29H33N3O/c1-4-11-20(2)18-26(30)24-16-17-25-27(19-24)31-21(3)32(29(25)33)28(22-12-7-5-8-13-22)23-14-9-6-10-15-23/h5-10,12-15,24,28,30H,2,4,11,16-19H2,1,3H3. The number of aromatic nitrogens is 2. The van der Waals surface area contributed by atoms with E-state index in [0.29, 0.717) is 19.3 Å². The number of rotatable bonds is 8. The molecule has 0 fully saturated rings. The SMILES string of the molecule is C=C(CCC)CC(=N)C1CCc2c(nc(C)n(C(c3ccccc3)c3ccccc3)c2=O)C1. The van der Waals surface area contributed by atoms with Crippen LogP contribution in [0.15, 0.2) is 77.6 Å². The van der Waals surface area contributed by atoms with Crippen molar-refractivity contribution in [2.45, 2.75) is 58.4 Å². The van der Waals surface area contributed by atoms with E-state index in [1.165, 1.54) is 0 Å². The normalized spacial score (nSPS) is 15.3. The number of nitrogens with one attached hydrogen (secondary N) is 1. The molecule has 1 aromatic heterocycles. The Hall–Kier alpha value is -3.27. The predicted octanol–water partition coefficient (Wildman–Crippen LogP) is 6.06. The summed E-state index contributed by atoms with van der Waals surface area (Å²) in [6.07, 6.45) is 4.86. The van der Waals surface area contributed by atoms with Gasteiger partial charge in [-0.3, -0.25) is 9.36 Å². The fourth-order valence-corrected chi connectivity index (χ4v) is 5.02. The van der Waals surface area contributed by atoms with Crippen LogP contribution >= 0.6 is 0 Å². The molecule has 1 aliphatic rings. The van der Waals surface area contributed by atoms with Gasteiger partial charge in [-0.15, -0.1) is 0 Å². The van der Waals surface area contributed by atoms with Gasteiger partial charge in [-0.2, -0.15) is 0 Å². The lowest BCUT2D eigenvalue weighted by molar-refractivity contribution is 0.525. The molecule has 1 heterocycles. The fourth-order valence-electron chi connectivity index (χ4n) is 5.02. The van der Waals surface area contributed by atoms with Crippen LogP contribution in [0.2, 0.25) is 0 Å². The minimum atomic E-state index is -0.217. The number of aryl methyl sites for hydroxylation is 1. The van der Waals surface area contributed by atoms with Crippen LogP contribution < -0.4 is 5.56 Å². The summed E-state index contributed by atoms with van der Waals surface area (Å²) < 4.78 is 1.86. The predicted molar refractivity (Wildman–Crippen MR) is 135 cm³/mol. The molecule has 0 bridgehead atoms. The third kappa shape index (κ3) is 4.90. The minimum absolute atomic E-state index is 0.0515. The smallest absolute Gasteiger partial charge is 0.257 e. The molecule has 1 N–H and O–H groups in total. The first kappa shape index (κ1) is 22.9. The first-order valence-corrected chi connectivity index (χ1v) is 11.9. The molecule has 0 saturated heterocycles. The molecule has 1 aliphatic carbocycles. The molecule has 0 aliphatic heterocycles. The van der Waals surface area contributed by atoms with Crippen LogP contribution in [-0.2, 0) is 12.8 Å². The van der Waals surface area contributed by atoms with Gasteiger partial charge in [0.25, 0.3) is 5.56 Å². The Bertz CT molecular complexity index is 1160. The van der Waals surface area contributed by atoms with Crippen molar-refractivity contribution in [2.24, 2.45) is 5.92 Å². The van der Waals surface area contributed by atoms with Gasteiger partial charge in [0.1, 0.15) is 5.82 Å². The number of allylic oxidation sites excluding steroid dienone is 1. The van der Waals surface area contributed by atoms with Crippen molar-refractivity contribution in [3.05, 3.63) is 111 Å². The highest BCUT2D eigenvalue weighted by molar-refractivity contribution is 5.86. The van der Waals surface area contributed by atoms with Crippen LogP contribution in [0, 0.1) is 18.3 Å². The highest BCUT2D eigenvalue weighted by Gasteiger charge is 2.29. The van der Waals surface area contributed by atoms with E-state index >= 15 is 0 Å². The highest BCUT2D eigenvalue weighted by atomic mass is 16.1.